The number of hydrogen-bond donors (Lipinski definition) is 1. The molecule has 19 heavy (non-hydrogen) atoms. The topological polar surface area (TPSA) is 58.1 Å². The molecule has 1 atom stereocenters. The van der Waals surface area contributed by atoms with Gasteiger partial charge in [-0.3, -0.25) is 4.79 Å². The van der Waals surface area contributed by atoms with Crippen LogP contribution in [-0.4, -0.2) is 39.9 Å². The maximum absolute atomic E-state index is 12.2. The Kier molecular flexibility index (Phi) is 3.44. The van der Waals surface area contributed by atoms with Gasteiger partial charge < -0.3 is 10.2 Å². The van der Waals surface area contributed by atoms with Gasteiger partial charge in [-0.15, -0.1) is 0 Å². The zero-order valence-electron chi connectivity index (χ0n) is 10.8. The first-order chi connectivity index (χ1) is 9.33. The molecule has 1 fully saturated rings. The van der Waals surface area contributed by atoms with Crippen LogP contribution >= 0.6 is 0 Å². The number of aromatic nitrogens is 2. The Morgan fingerprint density at radius 3 is 2.74 bits per heavy atom. The van der Waals surface area contributed by atoms with Crippen LogP contribution in [0.1, 0.15) is 19.3 Å². The Bertz CT molecular complexity index is 468. The SMILES string of the molecule is O=C([C@@H]1CC=CCC1)N1CC(Nc2ncccn2)C1. The predicted octanol–water partition coefficient (Wildman–Crippen LogP) is 1.46. The quantitative estimate of drug-likeness (QED) is 0.834. The molecule has 0 aromatic carbocycles. The highest BCUT2D eigenvalue weighted by atomic mass is 16.2. The molecule has 0 radical (unpaired) electrons. The molecule has 1 N–H and O–H groups in total. The van der Waals surface area contributed by atoms with E-state index < -0.39 is 0 Å². The Balaban J connectivity index is 1.47. The number of anilines is 1. The number of allylic oxidation sites excluding steroid dienone is 2. The minimum Gasteiger partial charge on any atom is -0.348 e. The largest absolute Gasteiger partial charge is 0.348 e. The van der Waals surface area contributed by atoms with E-state index in [1.165, 1.54) is 0 Å². The van der Waals surface area contributed by atoms with Crippen LogP contribution in [0, 0.1) is 5.92 Å². The fourth-order valence-electron chi connectivity index (χ4n) is 2.58. The average Bonchev–Trinajstić information content (AvgIpc) is 2.44. The highest BCUT2D eigenvalue weighted by Crippen LogP contribution is 2.23. The number of rotatable bonds is 3. The molecule has 5 heteroatoms. The van der Waals surface area contributed by atoms with E-state index in [0.717, 1.165) is 32.4 Å². The van der Waals surface area contributed by atoms with Crippen molar-refractivity contribution in [1.29, 1.82) is 0 Å². The van der Waals surface area contributed by atoms with Crippen LogP contribution < -0.4 is 5.32 Å². The van der Waals surface area contributed by atoms with Crippen molar-refractivity contribution < 1.29 is 4.79 Å². The number of likely N-dealkylation sites (tertiary alicyclic amines) is 1. The third-order valence-electron chi connectivity index (χ3n) is 3.71. The number of nitrogens with zero attached hydrogens (tertiary/aromatic N) is 3. The maximum Gasteiger partial charge on any atom is 0.226 e. The molecule has 100 valence electrons. The fourth-order valence-corrected chi connectivity index (χ4v) is 2.58. The lowest BCUT2D eigenvalue weighted by atomic mass is 9.91. The number of hydrogen-bond acceptors (Lipinski definition) is 4. The predicted molar refractivity (Wildman–Crippen MR) is 72.5 cm³/mol. The van der Waals surface area contributed by atoms with Crippen molar-refractivity contribution in [2.75, 3.05) is 18.4 Å². The Morgan fingerprint density at radius 1 is 1.26 bits per heavy atom. The second-order valence-electron chi connectivity index (χ2n) is 5.14. The third-order valence-corrected chi connectivity index (χ3v) is 3.71. The average molecular weight is 258 g/mol. The van der Waals surface area contributed by atoms with Crippen LogP contribution in [0.3, 0.4) is 0 Å². The first-order valence-corrected chi connectivity index (χ1v) is 6.80. The fraction of sp³-hybridized carbons (Fsp3) is 0.500. The van der Waals surface area contributed by atoms with Gasteiger partial charge in [0.2, 0.25) is 11.9 Å². The van der Waals surface area contributed by atoms with Gasteiger partial charge >= 0.3 is 0 Å². The standard InChI is InChI=1S/C14H18N4O/c19-13(11-5-2-1-3-6-11)18-9-12(10-18)17-14-15-7-4-8-16-14/h1-2,4,7-8,11-12H,3,5-6,9-10H2,(H,15,16,17)/t11-/m1/s1. The summed E-state index contributed by atoms with van der Waals surface area (Å²) in [5.41, 5.74) is 0. The molecule has 2 aliphatic rings. The highest BCUT2D eigenvalue weighted by Gasteiger charge is 2.34. The van der Waals surface area contributed by atoms with Crippen molar-refractivity contribution in [3.05, 3.63) is 30.6 Å². The molecular weight excluding hydrogens is 240 g/mol. The monoisotopic (exact) mass is 258 g/mol. The van der Waals surface area contributed by atoms with Gasteiger partial charge in [0, 0.05) is 31.4 Å². The van der Waals surface area contributed by atoms with Gasteiger partial charge in [-0.25, -0.2) is 9.97 Å². The van der Waals surface area contributed by atoms with Crippen molar-refractivity contribution in [1.82, 2.24) is 14.9 Å². The molecule has 5 nitrogen and oxygen atoms in total. The zero-order chi connectivity index (χ0) is 13.1. The number of carbonyl (C=O) groups is 1. The van der Waals surface area contributed by atoms with Crippen molar-refractivity contribution in [2.24, 2.45) is 5.92 Å². The molecule has 0 saturated carbocycles. The summed E-state index contributed by atoms with van der Waals surface area (Å²) in [5.74, 6) is 1.13. The Hall–Kier alpha value is -1.91. The summed E-state index contributed by atoms with van der Waals surface area (Å²) in [7, 11) is 0. The molecule has 1 aromatic heterocycles. The van der Waals surface area contributed by atoms with Crippen molar-refractivity contribution >= 4 is 11.9 Å². The second kappa shape index (κ2) is 5.38. The van der Waals surface area contributed by atoms with E-state index in [4.69, 9.17) is 0 Å². The van der Waals surface area contributed by atoms with Gasteiger partial charge in [-0.05, 0) is 25.3 Å². The smallest absolute Gasteiger partial charge is 0.226 e. The van der Waals surface area contributed by atoms with Crippen LogP contribution in [-0.2, 0) is 4.79 Å². The van der Waals surface area contributed by atoms with Crippen LogP contribution in [0.15, 0.2) is 30.6 Å². The lowest BCUT2D eigenvalue weighted by Crippen LogP contribution is -2.58. The molecule has 1 amide bonds. The Morgan fingerprint density at radius 2 is 2.05 bits per heavy atom. The molecule has 1 saturated heterocycles. The zero-order valence-corrected chi connectivity index (χ0v) is 10.8. The lowest BCUT2D eigenvalue weighted by Gasteiger charge is -2.41. The van der Waals surface area contributed by atoms with Gasteiger partial charge in [0.1, 0.15) is 0 Å². The van der Waals surface area contributed by atoms with Crippen molar-refractivity contribution in [3.8, 4) is 0 Å². The lowest BCUT2D eigenvalue weighted by molar-refractivity contribution is -0.139. The van der Waals surface area contributed by atoms with E-state index in [9.17, 15) is 4.79 Å². The first-order valence-electron chi connectivity index (χ1n) is 6.80. The van der Waals surface area contributed by atoms with Gasteiger partial charge in [0.15, 0.2) is 0 Å². The van der Waals surface area contributed by atoms with E-state index in [1.54, 1.807) is 18.5 Å². The molecule has 0 spiro atoms. The van der Waals surface area contributed by atoms with Crippen molar-refractivity contribution in [3.63, 3.8) is 0 Å². The molecule has 2 heterocycles. The maximum atomic E-state index is 12.2. The Labute approximate surface area is 112 Å². The summed E-state index contributed by atoms with van der Waals surface area (Å²) < 4.78 is 0. The molecular formula is C14H18N4O. The number of nitrogens with one attached hydrogen (secondary N) is 1. The summed E-state index contributed by atoms with van der Waals surface area (Å²) in [6.07, 6.45) is 10.6. The van der Waals surface area contributed by atoms with Crippen molar-refractivity contribution in [2.45, 2.75) is 25.3 Å². The minimum absolute atomic E-state index is 0.193. The number of carbonyl (C=O) groups excluding carboxylic acids is 1. The number of amides is 1. The van der Waals surface area contributed by atoms with Gasteiger partial charge in [-0.2, -0.15) is 0 Å². The van der Waals surface area contributed by atoms with Gasteiger partial charge in [-0.1, -0.05) is 12.2 Å². The molecule has 0 bridgehead atoms. The van der Waals surface area contributed by atoms with E-state index in [2.05, 4.69) is 27.4 Å². The molecule has 1 aliphatic carbocycles. The molecule has 1 aliphatic heterocycles. The van der Waals surface area contributed by atoms with Crippen LogP contribution in [0.5, 0.6) is 0 Å². The summed E-state index contributed by atoms with van der Waals surface area (Å²) >= 11 is 0. The third kappa shape index (κ3) is 2.75. The van der Waals surface area contributed by atoms with Gasteiger partial charge in [0.05, 0.1) is 6.04 Å². The summed E-state index contributed by atoms with van der Waals surface area (Å²) in [4.78, 5) is 22.4. The summed E-state index contributed by atoms with van der Waals surface area (Å²) in [6, 6.07) is 2.07. The van der Waals surface area contributed by atoms with E-state index >= 15 is 0 Å². The molecule has 0 unspecified atom stereocenters. The summed E-state index contributed by atoms with van der Waals surface area (Å²) in [5, 5.41) is 3.24. The minimum atomic E-state index is 0.193. The van der Waals surface area contributed by atoms with E-state index in [0.29, 0.717) is 11.9 Å². The molecule has 3 rings (SSSR count). The first kappa shape index (κ1) is 12.1. The normalized spacial score (nSPS) is 22.9. The highest BCUT2D eigenvalue weighted by molar-refractivity contribution is 5.80. The van der Waals surface area contributed by atoms with E-state index in [1.807, 2.05) is 4.90 Å². The summed E-state index contributed by atoms with van der Waals surface area (Å²) in [6.45, 7) is 1.52. The molecule has 1 aromatic rings. The van der Waals surface area contributed by atoms with Gasteiger partial charge in [0.25, 0.3) is 0 Å². The van der Waals surface area contributed by atoms with Crippen LogP contribution in [0.4, 0.5) is 5.95 Å². The second-order valence-corrected chi connectivity index (χ2v) is 5.14. The van der Waals surface area contributed by atoms with E-state index in [-0.39, 0.29) is 12.0 Å². The van der Waals surface area contributed by atoms with Crippen LogP contribution in [0.2, 0.25) is 0 Å². The van der Waals surface area contributed by atoms with Crippen LogP contribution in [0.25, 0.3) is 0 Å².